The molecular weight excluding hydrogens is 400 g/mol. The monoisotopic (exact) mass is 430 g/mol. The predicted molar refractivity (Wildman–Crippen MR) is 114 cm³/mol. The van der Waals surface area contributed by atoms with Crippen LogP contribution in [0.15, 0.2) is 60.1 Å². The van der Waals surface area contributed by atoms with Gasteiger partial charge in [-0.3, -0.25) is 0 Å². The summed E-state index contributed by atoms with van der Waals surface area (Å²) in [6.07, 6.45) is 2.80. The summed E-state index contributed by atoms with van der Waals surface area (Å²) in [6, 6.07) is 7.76. The van der Waals surface area contributed by atoms with Crippen molar-refractivity contribution in [1.82, 2.24) is 5.32 Å². The van der Waals surface area contributed by atoms with Crippen molar-refractivity contribution in [2.75, 3.05) is 13.1 Å². The van der Waals surface area contributed by atoms with E-state index in [0.717, 1.165) is 30.8 Å². The topological polar surface area (TPSA) is 137 Å². The molecule has 1 aromatic rings. The molecule has 1 aromatic carbocycles. The average Bonchev–Trinajstić information content (AvgIpc) is 3.28. The molecule has 0 aromatic heterocycles. The quantitative estimate of drug-likeness (QED) is 0.367. The smallest absolute Gasteiger partial charge is 0.162 e. The molecule has 8 heteroatoms. The van der Waals surface area contributed by atoms with Gasteiger partial charge < -0.3 is 41.0 Å². The van der Waals surface area contributed by atoms with Crippen LogP contribution >= 0.6 is 0 Å². The van der Waals surface area contributed by atoms with Crippen LogP contribution in [0.4, 0.5) is 0 Å². The van der Waals surface area contributed by atoms with E-state index in [9.17, 15) is 20.4 Å². The summed E-state index contributed by atoms with van der Waals surface area (Å²) in [5, 5.41) is 42.9. The van der Waals surface area contributed by atoms with Gasteiger partial charge in [0.25, 0.3) is 0 Å². The Morgan fingerprint density at radius 1 is 1.16 bits per heavy atom. The number of aliphatic hydroxyl groups excluding tert-OH is 4. The zero-order chi connectivity index (χ0) is 22.0. The van der Waals surface area contributed by atoms with Crippen LogP contribution in [-0.4, -0.2) is 70.1 Å². The molecule has 0 bridgehead atoms. The van der Waals surface area contributed by atoms with Crippen molar-refractivity contribution in [3.63, 3.8) is 0 Å². The van der Waals surface area contributed by atoms with Crippen molar-refractivity contribution >= 4 is 0 Å². The average molecular weight is 431 g/mol. The van der Waals surface area contributed by atoms with Crippen molar-refractivity contribution in [1.29, 1.82) is 0 Å². The van der Waals surface area contributed by atoms with Gasteiger partial charge in [0, 0.05) is 18.5 Å². The number of ether oxygens (including phenoxy) is 2. The van der Waals surface area contributed by atoms with Crippen molar-refractivity contribution in [2.45, 2.75) is 49.4 Å². The normalized spacial score (nSPS) is 36.8. The molecule has 7 N–H and O–H groups in total. The van der Waals surface area contributed by atoms with Crippen LogP contribution in [0.5, 0.6) is 5.75 Å². The lowest BCUT2D eigenvalue weighted by atomic mass is 9.83. The second kappa shape index (κ2) is 9.42. The van der Waals surface area contributed by atoms with Crippen LogP contribution < -0.4 is 15.8 Å². The zero-order valence-corrected chi connectivity index (χ0v) is 17.2. The summed E-state index contributed by atoms with van der Waals surface area (Å²) in [7, 11) is 0. The lowest BCUT2D eigenvalue weighted by Crippen LogP contribution is -2.52. The third-order valence-corrected chi connectivity index (χ3v) is 6.12. The van der Waals surface area contributed by atoms with Crippen LogP contribution in [-0.2, 0) is 11.2 Å². The highest BCUT2D eigenvalue weighted by Gasteiger charge is 2.43. The fourth-order valence-corrected chi connectivity index (χ4v) is 4.25. The lowest BCUT2D eigenvalue weighted by molar-refractivity contribution is -0.145. The Labute approximate surface area is 181 Å². The summed E-state index contributed by atoms with van der Waals surface area (Å²) in [6.45, 7) is 1.85. The standard InChI is InChI=1S/C23H30N2O6/c24-18-6-3-14(23-22(29)21(28)20(27)19(12-26)31-23)10-15(18)9-13-1-4-16(5-2-13)30-17-7-8-25-11-17/h1-6,10,12,15,17-18,20-23,25-29H,7-9,11,24H2/b19-12-/t15?,17?,18?,20-,21+,22-,23+/m1/s1. The second-order valence-electron chi connectivity index (χ2n) is 8.34. The van der Waals surface area contributed by atoms with Gasteiger partial charge in [0.15, 0.2) is 11.9 Å². The van der Waals surface area contributed by atoms with E-state index in [2.05, 4.69) is 5.32 Å². The van der Waals surface area contributed by atoms with Gasteiger partial charge in [-0.05, 0) is 42.7 Å². The van der Waals surface area contributed by atoms with Gasteiger partial charge in [0.05, 0.1) is 0 Å². The third kappa shape index (κ3) is 4.78. The fourth-order valence-electron chi connectivity index (χ4n) is 4.25. The maximum atomic E-state index is 10.4. The van der Waals surface area contributed by atoms with E-state index in [-0.39, 0.29) is 23.8 Å². The summed E-state index contributed by atoms with van der Waals surface area (Å²) >= 11 is 0. The van der Waals surface area contributed by atoms with E-state index in [4.69, 9.17) is 15.2 Å². The molecule has 0 amide bonds. The van der Waals surface area contributed by atoms with Crippen LogP contribution in [0.3, 0.4) is 0 Å². The SMILES string of the molecule is NC1C=CC([C@@H]2O/C(=C\O)[C@@H](O)[C@H](O)[C@H]2O)=CC1Cc1ccc(OC2CCNC2)cc1. The molecule has 31 heavy (non-hydrogen) atoms. The molecule has 3 unspecified atom stereocenters. The summed E-state index contributed by atoms with van der Waals surface area (Å²) in [4.78, 5) is 0. The molecule has 2 aliphatic heterocycles. The highest BCUT2D eigenvalue weighted by Crippen LogP contribution is 2.32. The summed E-state index contributed by atoms with van der Waals surface area (Å²) in [5.74, 6) is 0.611. The van der Waals surface area contributed by atoms with Crippen LogP contribution in [0.2, 0.25) is 0 Å². The molecule has 2 fully saturated rings. The van der Waals surface area contributed by atoms with Crippen LogP contribution in [0, 0.1) is 5.92 Å². The molecule has 2 heterocycles. The largest absolute Gasteiger partial charge is 0.512 e. The molecule has 8 nitrogen and oxygen atoms in total. The Morgan fingerprint density at radius 3 is 2.61 bits per heavy atom. The maximum absolute atomic E-state index is 10.4. The zero-order valence-electron chi connectivity index (χ0n) is 17.2. The number of hydrogen-bond acceptors (Lipinski definition) is 8. The van der Waals surface area contributed by atoms with Gasteiger partial charge in [-0.2, -0.15) is 0 Å². The molecule has 3 aliphatic rings. The number of benzene rings is 1. The Kier molecular flexibility index (Phi) is 6.64. The minimum Gasteiger partial charge on any atom is -0.512 e. The Balaban J connectivity index is 1.45. The van der Waals surface area contributed by atoms with Crippen molar-refractivity contribution in [3.8, 4) is 5.75 Å². The number of aliphatic hydroxyl groups is 4. The second-order valence-corrected chi connectivity index (χ2v) is 8.34. The van der Waals surface area contributed by atoms with Crippen LogP contribution in [0.1, 0.15) is 12.0 Å². The maximum Gasteiger partial charge on any atom is 0.162 e. The number of nitrogens with two attached hydrogens (primary N) is 1. The van der Waals surface area contributed by atoms with E-state index >= 15 is 0 Å². The molecular formula is C23H30N2O6. The summed E-state index contributed by atoms with van der Waals surface area (Å²) < 4.78 is 11.5. The van der Waals surface area contributed by atoms with E-state index in [1.165, 1.54) is 0 Å². The first-order chi connectivity index (χ1) is 15.0. The third-order valence-electron chi connectivity index (χ3n) is 6.12. The highest BCUT2D eigenvalue weighted by atomic mass is 16.5. The van der Waals surface area contributed by atoms with E-state index in [1.807, 2.05) is 36.4 Å². The lowest BCUT2D eigenvalue weighted by Gasteiger charge is -2.38. The predicted octanol–water partition coefficient (Wildman–Crippen LogP) is 0.290. The molecule has 168 valence electrons. The van der Waals surface area contributed by atoms with Gasteiger partial charge in [-0.15, -0.1) is 0 Å². The fraction of sp³-hybridized carbons (Fsp3) is 0.478. The highest BCUT2D eigenvalue weighted by molar-refractivity contribution is 5.35. The van der Waals surface area contributed by atoms with Crippen molar-refractivity contribution < 1.29 is 29.9 Å². The molecule has 0 spiro atoms. The van der Waals surface area contributed by atoms with Crippen molar-refractivity contribution in [2.24, 2.45) is 11.7 Å². The molecule has 1 aliphatic carbocycles. The number of hydrogen-bond donors (Lipinski definition) is 6. The number of nitrogens with one attached hydrogen (secondary N) is 1. The van der Waals surface area contributed by atoms with Crippen LogP contribution in [0.25, 0.3) is 0 Å². The molecule has 7 atom stereocenters. The first kappa shape index (κ1) is 21.9. The Bertz CT molecular complexity index is 846. The van der Waals surface area contributed by atoms with Crippen molar-refractivity contribution in [3.05, 3.63) is 65.7 Å². The number of rotatable bonds is 5. The van der Waals surface area contributed by atoms with E-state index in [1.54, 1.807) is 6.08 Å². The van der Waals surface area contributed by atoms with Gasteiger partial charge in [-0.25, -0.2) is 0 Å². The Hall–Kier alpha value is -2.36. The van der Waals surface area contributed by atoms with E-state index in [0.29, 0.717) is 18.3 Å². The minimum absolute atomic E-state index is 0.0489. The molecule has 2 saturated heterocycles. The van der Waals surface area contributed by atoms with Gasteiger partial charge >= 0.3 is 0 Å². The van der Waals surface area contributed by atoms with E-state index < -0.39 is 24.4 Å². The molecule has 4 rings (SSSR count). The Morgan fingerprint density at radius 2 is 1.94 bits per heavy atom. The van der Waals surface area contributed by atoms with Gasteiger partial charge in [-0.1, -0.05) is 30.4 Å². The summed E-state index contributed by atoms with van der Waals surface area (Å²) in [5.41, 5.74) is 8.02. The minimum atomic E-state index is -1.48. The first-order valence-corrected chi connectivity index (χ1v) is 10.6. The van der Waals surface area contributed by atoms with Gasteiger partial charge in [0.1, 0.15) is 36.4 Å². The molecule has 0 radical (unpaired) electrons. The molecule has 0 saturated carbocycles. The first-order valence-electron chi connectivity index (χ1n) is 10.6. The van der Waals surface area contributed by atoms with Gasteiger partial charge in [0.2, 0.25) is 0 Å².